The van der Waals surface area contributed by atoms with Crippen LogP contribution in [0.25, 0.3) is 0 Å². The topological polar surface area (TPSA) is 142 Å². The van der Waals surface area contributed by atoms with Gasteiger partial charge < -0.3 is 11.1 Å². The van der Waals surface area contributed by atoms with Gasteiger partial charge in [0.05, 0.1) is 6.54 Å². The number of aromatic nitrogens is 5. The molecule has 0 atom stereocenters. The molecule has 0 bridgehead atoms. The monoisotopic (exact) mass is 235 g/mol. The molecule has 2 aromatic heterocycles. The summed E-state index contributed by atoms with van der Waals surface area (Å²) in [5, 5.41) is 8.30. The third-order valence-corrected chi connectivity index (χ3v) is 1.91. The molecule has 0 saturated carbocycles. The van der Waals surface area contributed by atoms with E-state index < -0.39 is 11.6 Å². The van der Waals surface area contributed by atoms with Crippen molar-refractivity contribution in [2.24, 2.45) is 0 Å². The quantitative estimate of drug-likeness (QED) is 0.504. The largest absolute Gasteiger partial charge is 0.382 e. The summed E-state index contributed by atoms with van der Waals surface area (Å²) in [5.41, 5.74) is 5.08. The van der Waals surface area contributed by atoms with E-state index in [1.165, 1.54) is 12.4 Å². The predicted molar refractivity (Wildman–Crippen MR) is 56.8 cm³/mol. The Morgan fingerprint density at radius 2 is 2.18 bits per heavy atom. The number of H-pyrrole nitrogens is 2. The van der Waals surface area contributed by atoms with E-state index in [1.54, 1.807) is 0 Å². The van der Waals surface area contributed by atoms with Crippen molar-refractivity contribution in [3.8, 4) is 0 Å². The molecule has 0 aliphatic carbocycles. The Morgan fingerprint density at radius 3 is 2.82 bits per heavy atom. The number of nitrogens with zero attached hydrogens (tertiary/aromatic N) is 3. The van der Waals surface area contributed by atoms with Gasteiger partial charge >= 0.3 is 5.69 Å². The maximum absolute atomic E-state index is 11.6. The second-order valence-corrected chi connectivity index (χ2v) is 3.10. The van der Waals surface area contributed by atoms with Crippen LogP contribution in [0.2, 0.25) is 0 Å². The molecule has 0 aromatic carbocycles. The Bertz CT molecular complexity index is 587. The first kappa shape index (κ1) is 10.8. The van der Waals surface area contributed by atoms with E-state index in [-0.39, 0.29) is 18.1 Å². The Morgan fingerprint density at radius 1 is 1.41 bits per heavy atom. The minimum Gasteiger partial charge on any atom is -0.382 e. The summed E-state index contributed by atoms with van der Waals surface area (Å²) >= 11 is 0. The number of hydrogen-bond acceptors (Lipinski definition) is 6. The molecule has 2 heterocycles. The summed E-state index contributed by atoms with van der Waals surface area (Å²) in [5.74, 6) is -0.134. The molecule has 2 rings (SSSR count). The van der Waals surface area contributed by atoms with Gasteiger partial charge in [-0.05, 0) is 0 Å². The van der Waals surface area contributed by atoms with Gasteiger partial charge in [-0.2, -0.15) is 5.10 Å². The van der Waals surface area contributed by atoms with Crippen molar-refractivity contribution in [3.05, 3.63) is 34.4 Å². The Hall–Kier alpha value is -2.71. The van der Waals surface area contributed by atoms with Crippen molar-refractivity contribution < 1.29 is 4.79 Å². The second-order valence-electron chi connectivity index (χ2n) is 3.10. The number of anilines is 1. The van der Waals surface area contributed by atoms with Crippen LogP contribution in [0, 0.1) is 0 Å². The smallest absolute Gasteiger partial charge is 0.340 e. The first-order valence-corrected chi connectivity index (χ1v) is 4.65. The standard InChI is InChI=1S/C8H9N7O2/c9-6-5(10-1-2-11-6)7(16)12-3-4-13-8(17)15-14-4/h1-2H,3H2,(H2,9,11)(H,12,16)(H2,13,14,15,17). The van der Waals surface area contributed by atoms with E-state index in [1.807, 2.05) is 0 Å². The Kier molecular flexibility index (Phi) is 2.81. The molecular weight excluding hydrogens is 226 g/mol. The first-order chi connectivity index (χ1) is 8.16. The van der Waals surface area contributed by atoms with Gasteiger partial charge in [-0.1, -0.05) is 0 Å². The van der Waals surface area contributed by atoms with Gasteiger partial charge in [-0.15, -0.1) is 0 Å². The van der Waals surface area contributed by atoms with Crippen LogP contribution in [0.3, 0.4) is 0 Å². The van der Waals surface area contributed by atoms with Gasteiger partial charge in [0.25, 0.3) is 5.91 Å². The van der Waals surface area contributed by atoms with Crippen LogP contribution in [0.1, 0.15) is 16.3 Å². The molecule has 88 valence electrons. The number of nitrogens with two attached hydrogens (primary N) is 1. The van der Waals surface area contributed by atoms with Gasteiger partial charge in [0.2, 0.25) is 0 Å². The van der Waals surface area contributed by atoms with Gasteiger partial charge in [0, 0.05) is 12.4 Å². The number of amides is 1. The average Bonchev–Trinajstić information content (AvgIpc) is 2.73. The highest BCUT2D eigenvalue weighted by atomic mass is 16.2. The highest BCUT2D eigenvalue weighted by Crippen LogP contribution is 2.02. The van der Waals surface area contributed by atoms with Crippen molar-refractivity contribution in [1.82, 2.24) is 30.5 Å². The van der Waals surface area contributed by atoms with Crippen LogP contribution in [0.15, 0.2) is 17.2 Å². The number of rotatable bonds is 3. The molecule has 2 aromatic rings. The predicted octanol–water partition coefficient (Wildman–Crippen LogP) is -1.60. The van der Waals surface area contributed by atoms with Crippen molar-refractivity contribution >= 4 is 11.7 Å². The van der Waals surface area contributed by atoms with E-state index in [0.717, 1.165) is 0 Å². The third-order valence-electron chi connectivity index (χ3n) is 1.91. The summed E-state index contributed by atoms with van der Waals surface area (Å²) in [7, 11) is 0. The number of hydrogen-bond donors (Lipinski definition) is 4. The molecule has 0 fully saturated rings. The fourth-order valence-electron chi connectivity index (χ4n) is 1.16. The van der Waals surface area contributed by atoms with E-state index >= 15 is 0 Å². The molecule has 9 heteroatoms. The SMILES string of the molecule is Nc1nccnc1C(=O)NCc1n[nH]c(=O)[nH]1. The fraction of sp³-hybridized carbons (Fsp3) is 0.125. The number of nitrogens with one attached hydrogen (secondary N) is 3. The van der Waals surface area contributed by atoms with Crippen LogP contribution in [-0.2, 0) is 6.54 Å². The van der Waals surface area contributed by atoms with Crippen LogP contribution in [0.4, 0.5) is 5.82 Å². The molecule has 5 N–H and O–H groups in total. The lowest BCUT2D eigenvalue weighted by Crippen LogP contribution is -2.26. The molecule has 0 saturated heterocycles. The lowest BCUT2D eigenvalue weighted by molar-refractivity contribution is 0.0945. The summed E-state index contributed by atoms with van der Waals surface area (Å²) < 4.78 is 0. The lowest BCUT2D eigenvalue weighted by atomic mass is 10.4. The maximum atomic E-state index is 11.6. The van der Waals surface area contributed by atoms with Crippen molar-refractivity contribution in [3.63, 3.8) is 0 Å². The zero-order chi connectivity index (χ0) is 12.3. The summed E-state index contributed by atoms with van der Waals surface area (Å²) in [6, 6.07) is 0. The van der Waals surface area contributed by atoms with E-state index in [2.05, 4.69) is 30.5 Å². The normalized spacial score (nSPS) is 10.1. The molecule has 1 amide bonds. The average molecular weight is 235 g/mol. The molecule has 0 unspecified atom stereocenters. The summed E-state index contributed by atoms with van der Waals surface area (Å²) in [4.78, 5) is 32.3. The third kappa shape index (κ3) is 2.45. The molecule has 0 radical (unpaired) electrons. The Balaban J connectivity index is 2.03. The molecule has 9 nitrogen and oxygen atoms in total. The van der Waals surface area contributed by atoms with Crippen LogP contribution in [-0.4, -0.2) is 31.1 Å². The second kappa shape index (κ2) is 4.43. The molecule has 17 heavy (non-hydrogen) atoms. The molecule has 0 spiro atoms. The highest BCUT2D eigenvalue weighted by molar-refractivity contribution is 5.96. The molecule has 0 aliphatic rings. The number of nitrogen functional groups attached to an aromatic ring is 1. The van der Waals surface area contributed by atoms with E-state index in [9.17, 15) is 9.59 Å². The Labute approximate surface area is 94.5 Å². The van der Waals surface area contributed by atoms with Crippen molar-refractivity contribution in [1.29, 1.82) is 0 Å². The van der Waals surface area contributed by atoms with Gasteiger partial charge in [0.1, 0.15) is 5.82 Å². The zero-order valence-electron chi connectivity index (χ0n) is 8.60. The molecular formula is C8H9N7O2. The zero-order valence-corrected chi connectivity index (χ0v) is 8.60. The van der Waals surface area contributed by atoms with E-state index in [0.29, 0.717) is 5.82 Å². The van der Waals surface area contributed by atoms with Gasteiger partial charge in [-0.3, -0.25) is 9.78 Å². The number of aromatic amines is 2. The maximum Gasteiger partial charge on any atom is 0.340 e. The van der Waals surface area contributed by atoms with Gasteiger partial charge in [-0.25, -0.2) is 19.9 Å². The summed E-state index contributed by atoms with van der Waals surface area (Å²) in [6.07, 6.45) is 2.75. The lowest BCUT2D eigenvalue weighted by Gasteiger charge is -2.03. The van der Waals surface area contributed by atoms with Gasteiger partial charge in [0.15, 0.2) is 11.5 Å². The van der Waals surface area contributed by atoms with Crippen LogP contribution < -0.4 is 16.7 Å². The summed E-state index contributed by atoms with van der Waals surface area (Å²) in [6.45, 7) is 0.0631. The van der Waals surface area contributed by atoms with Crippen molar-refractivity contribution in [2.75, 3.05) is 5.73 Å². The molecule has 0 aliphatic heterocycles. The van der Waals surface area contributed by atoms with Crippen molar-refractivity contribution in [2.45, 2.75) is 6.54 Å². The number of carbonyl (C=O) groups excluding carboxylic acids is 1. The minimum atomic E-state index is -0.487. The van der Waals surface area contributed by atoms with E-state index in [4.69, 9.17) is 5.73 Å². The highest BCUT2D eigenvalue weighted by Gasteiger charge is 2.11. The van der Waals surface area contributed by atoms with Crippen LogP contribution in [0.5, 0.6) is 0 Å². The number of carbonyl (C=O) groups is 1. The minimum absolute atomic E-state index is 0.0328. The van der Waals surface area contributed by atoms with Crippen LogP contribution >= 0.6 is 0 Å². The fourth-order valence-corrected chi connectivity index (χ4v) is 1.16. The first-order valence-electron chi connectivity index (χ1n) is 4.65.